The van der Waals surface area contributed by atoms with Crippen LogP contribution in [0.3, 0.4) is 0 Å². The highest BCUT2D eigenvalue weighted by molar-refractivity contribution is 8.15. The summed E-state index contributed by atoms with van der Waals surface area (Å²) in [4.78, 5) is 25.1. The SMILES string of the molecule is [N-]=[N+]=NCCOc1ccc(CC2SC(=O)NC2=O)cc1. The number of rotatable bonds is 6. The molecule has 1 saturated heterocycles. The molecule has 0 radical (unpaired) electrons. The summed E-state index contributed by atoms with van der Waals surface area (Å²) in [5.41, 5.74) is 9.07. The monoisotopic (exact) mass is 292 g/mol. The molecule has 1 aliphatic heterocycles. The van der Waals surface area contributed by atoms with Crippen LogP contribution in [0.4, 0.5) is 4.79 Å². The van der Waals surface area contributed by atoms with E-state index in [0.717, 1.165) is 17.3 Å². The second-order valence-corrected chi connectivity index (χ2v) is 5.21. The summed E-state index contributed by atoms with van der Waals surface area (Å²) in [5.74, 6) is 0.427. The zero-order valence-corrected chi connectivity index (χ0v) is 11.3. The standard InChI is InChI=1S/C12H12N4O3S/c13-16-14-5-6-19-9-3-1-8(2-4-9)7-10-11(17)15-12(18)20-10/h1-4,10H,5-7H2,(H,15,17,18). The normalized spacial score (nSPS) is 17.5. The van der Waals surface area contributed by atoms with Crippen molar-refractivity contribution < 1.29 is 14.3 Å². The van der Waals surface area contributed by atoms with Gasteiger partial charge in [-0.15, -0.1) is 0 Å². The second kappa shape index (κ2) is 6.83. The summed E-state index contributed by atoms with van der Waals surface area (Å²) in [6, 6.07) is 7.26. The third-order valence-corrected chi connectivity index (χ3v) is 3.62. The first-order valence-electron chi connectivity index (χ1n) is 5.93. The number of thioether (sulfide) groups is 1. The molecule has 20 heavy (non-hydrogen) atoms. The van der Waals surface area contributed by atoms with Crippen LogP contribution in [0, 0.1) is 0 Å². The van der Waals surface area contributed by atoms with E-state index in [1.54, 1.807) is 12.1 Å². The Morgan fingerprint density at radius 2 is 2.10 bits per heavy atom. The van der Waals surface area contributed by atoms with Crippen LogP contribution in [0.1, 0.15) is 5.56 Å². The molecule has 1 N–H and O–H groups in total. The minimum absolute atomic E-state index is 0.241. The summed E-state index contributed by atoms with van der Waals surface area (Å²) in [7, 11) is 0. The number of ether oxygens (including phenoxy) is 1. The lowest BCUT2D eigenvalue weighted by Crippen LogP contribution is -2.25. The average molecular weight is 292 g/mol. The highest BCUT2D eigenvalue weighted by Gasteiger charge is 2.31. The Balaban J connectivity index is 1.86. The van der Waals surface area contributed by atoms with Gasteiger partial charge in [0.15, 0.2) is 0 Å². The Labute approximate surface area is 119 Å². The van der Waals surface area contributed by atoms with Crippen LogP contribution in [0.15, 0.2) is 29.4 Å². The van der Waals surface area contributed by atoms with Crippen LogP contribution in [-0.2, 0) is 11.2 Å². The van der Waals surface area contributed by atoms with Crippen LogP contribution in [0.2, 0.25) is 0 Å². The van der Waals surface area contributed by atoms with Gasteiger partial charge < -0.3 is 4.74 Å². The van der Waals surface area contributed by atoms with Gasteiger partial charge in [0.25, 0.3) is 5.24 Å². The first kappa shape index (κ1) is 14.2. The Kier molecular flexibility index (Phi) is 4.86. The molecule has 2 rings (SSSR count). The van der Waals surface area contributed by atoms with Gasteiger partial charge in [0, 0.05) is 4.91 Å². The van der Waals surface area contributed by atoms with Crippen molar-refractivity contribution in [2.75, 3.05) is 13.2 Å². The number of hydrogen-bond donors (Lipinski definition) is 1. The number of amides is 2. The molecule has 7 nitrogen and oxygen atoms in total. The maximum absolute atomic E-state index is 11.4. The lowest BCUT2D eigenvalue weighted by atomic mass is 10.1. The predicted molar refractivity (Wildman–Crippen MR) is 74.6 cm³/mol. The van der Waals surface area contributed by atoms with Crippen molar-refractivity contribution in [1.82, 2.24) is 5.32 Å². The predicted octanol–water partition coefficient (Wildman–Crippen LogP) is 2.27. The van der Waals surface area contributed by atoms with E-state index < -0.39 is 0 Å². The Morgan fingerprint density at radius 3 is 2.70 bits per heavy atom. The summed E-state index contributed by atoms with van der Waals surface area (Å²) in [6.45, 7) is 0.595. The Bertz CT molecular complexity index is 554. The van der Waals surface area contributed by atoms with E-state index in [1.807, 2.05) is 12.1 Å². The molecule has 0 spiro atoms. The maximum Gasteiger partial charge on any atom is 0.286 e. The summed E-state index contributed by atoms with van der Waals surface area (Å²) in [6.07, 6.45) is 0.501. The summed E-state index contributed by atoms with van der Waals surface area (Å²) in [5, 5.41) is 4.97. The number of hydrogen-bond acceptors (Lipinski definition) is 5. The fraction of sp³-hybridized carbons (Fsp3) is 0.333. The molecule has 1 unspecified atom stereocenters. The van der Waals surface area contributed by atoms with Gasteiger partial charge in [-0.1, -0.05) is 29.0 Å². The van der Waals surface area contributed by atoms with Crippen LogP contribution in [0.25, 0.3) is 10.4 Å². The number of carbonyl (C=O) groups excluding carboxylic acids is 2. The number of nitrogens with one attached hydrogen (secondary N) is 1. The van der Waals surface area contributed by atoms with Crippen molar-refractivity contribution in [3.05, 3.63) is 40.3 Å². The third kappa shape index (κ3) is 3.91. The molecule has 0 aliphatic carbocycles. The minimum Gasteiger partial charge on any atom is -0.493 e. The molecule has 0 saturated carbocycles. The molecule has 104 valence electrons. The number of carbonyl (C=O) groups is 2. The summed E-state index contributed by atoms with van der Waals surface area (Å²) < 4.78 is 5.37. The van der Waals surface area contributed by atoms with Gasteiger partial charge in [-0.3, -0.25) is 14.9 Å². The van der Waals surface area contributed by atoms with Crippen molar-refractivity contribution in [1.29, 1.82) is 0 Å². The molecular weight excluding hydrogens is 280 g/mol. The van der Waals surface area contributed by atoms with E-state index in [-0.39, 0.29) is 22.9 Å². The highest BCUT2D eigenvalue weighted by atomic mass is 32.2. The fourth-order valence-electron chi connectivity index (χ4n) is 1.71. The van der Waals surface area contributed by atoms with Crippen molar-refractivity contribution in [3.63, 3.8) is 0 Å². The number of azide groups is 1. The molecule has 1 aliphatic rings. The molecule has 8 heteroatoms. The molecule has 1 atom stereocenters. The van der Waals surface area contributed by atoms with Crippen molar-refractivity contribution in [3.8, 4) is 5.75 Å². The minimum atomic E-state index is -0.362. The van der Waals surface area contributed by atoms with Crippen LogP contribution in [-0.4, -0.2) is 29.5 Å². The molecular formula is C12H12N4O3S. The Hall–Kier alpha value is -2.18. The van der Waals surface area contributed by atoms with Gasteiger partial charge in [0.1, 0.15) is 5.75 Å². The van der Waals surface area contributed by atoms with Crippen molar-refractivity contribution in [2.24, 2.45) is 5.11 Å². The summed E-state index contributed by atoms with van der Waals surface area (Å²) >= 11 is 1.01. The molecule has 0 bridgehead atoms. The van der Waals surface area contributed by atoms with E-state index >= 15 is 0 Å². The zero-order chi connectivity index (χ0) is 14.4. The second-order valence-electron chi connectivity index (χ2n) is 4.03. The number of nitrogens with zero attached hydrogens (tertiary/aromatic N) is 3. The van der Waals surface area contributed by atoms with Gasteiger partial charge in [0.2, 0.25) is 5.91 Å². The van der Waals surface area contributed by atoms with E-state index in [0.29, 0.717) is 18.8 Å². The topological polar surface area (TPSA) is 104 Å². The van der Waals surface area contributed by atoms with Crippen LogP contribution < -0.4 is 10.1 Å². The quantitative estimate of drug-likeness (QED) is 0.376. The van der Waals surface area contributed by atoms with Gasteiger partial charge in [0.05, 0.1) is 18.4 Å². The molecule has 1 aromatic carbocycles. The average Bonchev–Trinajstić information content (AvgIpc) is 2.75. The van der Waals surface area contributed by atoms with Gasteiger partial charge in [-0.05, 0) is 29.6 Å². The third-order valence-electron chi connectivity index (χ3n) is 2.63. The van der Waals surface area contributed by atoms with Crippen LogP contribution in [0.5, 0.6) is 5.75 Å². The van der Waals surface area contributed by atoms with E-state index in [2.05, 4.69) is 15.3 Å². The zero-order valence-electron chi connectivity index (χ0n) is 10.5. The smallest absolute Gasteiger partial charge is 0.286 e. The molecule has 0 aromatic heterocycles. The van der Waals surface area contributed by atoms with E-state index in [1.165, 1.54) is 0 Å². The lowest BCUT2D eigenvalue weighted by Gasteiger charge is -2.07. The van der Waals surface area contributed by atoms with E-state index in [9.17, 15) is 9.59 Å². The van der Waals surface area contributed by atoms with Gasteiger partial charge in [-0.2, -0.15) is 0 Å². The fourth-order valence-corrected chi connectivity index (χ4v) is 2.57. The maximum atomic E-state index is 11.4. The van der Waals surface area contributed by atoms with Gasteiger partial charge in [-0.25, -0.2) is 0 Å². The molecule has 2 amide bonds. The molecule has 1 heterocycles. The van der Waals surface area contributed by atoms with Gasteiger partial charge >= 0.3 is 0 Å². The molecule has 1 fully saturated rings. The first-order valence-corrected chi connectivity index (χ1v) is 6.81. The van der Waals surface area contributed by atoms with Crippen LogP contribution >= 0.6 is 11.8 Å². The van der Waals surface area contributed by atoms with E-state index in [4.69, 9.17) is 10.3 Å². The first-order chi connectivity index (χ1) is 9.69. The largest absolute Gasteiger partial charge is 0.493 e. The molecule has 1 aromatic rings. The number of benzene rings is 1. The highest BCUT2D eigenvalue weighted by Crippen LogP contribution is 2.23. The van der Waals surface area contributed by atoms with Crippen molar-refractivity contribution >= 4 is 22.9 Å². The van der Waals surface area contributed by atoms with Crippen molar-refractivity contribution in [2.45, 2.75) is 11.7 Å². The lowest BCUT2D eigenvalue weighted by molar-refractivity contribution is -0.118. The number of imide groups is 1. The Morgan fingerprint density at radius 1 is 1.35 bits per heavy atom.